The molecule has 1 aromatic heterocycles. The Morgan fingerprint density at radius 2 is 2.38 bits per heavy atom. The average Bonchev–Trinajstić information content (AvgIpc) is 2.86. The summed E-state index contributed by atoms with van der Waals surface area (Å²) in [6.07, 6.45) is 1.19. The third-order valence-electron chi connectivity index (χ3n) is 3.35. The monoisotopic (exact) mass is 239 g/mol. The normalized spacial score (nSPS) is 22.6. The van der Waals surface area contributed by atoms with Crippen LogP contribution in [0.1, 0.15) is 34.7 Å². The first kappa shape index (κ1) is 12.1. The van der Waals surface area contributed by atoms with Crippen molar-refractivity contribution in [2.45, 2.75) is 33.2 Å². The Kier molecular flexibility index (Phi) is 4.00. The van der Waals surface area contributed by atoms with Crippen LogP contribution in [-0.2, 0) is 4.74 Å². The van der Waals surface area contributed by atoms with E-state index in [1.54, 1.807) is 0 Å². The fourth-order valence-corrected chi connectivity index (χ4v) is 3.50. The summed E-state index contributed by atoms with van der Waals surface area (Å²) in [5.41, 5.74) is 1.42. The van der Waals surface area contributed by atoms with Crippen molar-refractivity contribution < 1.29 is 4.74 Å². The quantitative estimate of drug-likeness (QED) is 0.872. The number of nitrogens with one attached hydrogen (secondary N) is 1. The molecule has 3 heteroatoms. The fraction of sp³-hybridized carbons (Fsp3) is 0.692. The van der Waals surface area contributed by atoms with E-state index in [1.807, 2.05) is 11.3 Å². The van der Waals surface area contributed by atoms with Crippen LogP contribution in [0.3, 0.4) is 0 Å². The van der Waals surface area contributed by atoms with Crippen LogP contribution in [0.15, 0.2) is 6.07 Å². The highest BCUT2D eigenvalue weighted by Gasteiger charge is 2.27. The molecule has 1 N–H and O–H groups in total. The summed E-state index contributed by atoms with van der Waals surface area (Å²) in [4.78, 5) is 2.92. The molecule has 16 heavy (non-hydrogen) atoms. The Labute approximate surface area is 102 Å². The standard InChI is InChI=1S/C13H21NOS/c1-4-14-13(11-5-6-15-8-11)12-7-9(2)10(3)16-12/h7,11,13-14H,4-6,8H2,1-3H3. The lowest BCUT2D eigenvalue weighted by molar-refractivity contribution is 0.177. The molecule has 0 spiro atoms. The second-order valence-corrected chi connectivity index (χ2v) is 5.83. The summed E-state index contributed by atoms with van der Waals surface area (Å²) in [5, 5.41) is 3.61. The molecule has 1 aromatic rings. The summed E-state index contributed by atoms with van der Waals surface area (Å²) in [5.74, 6) is 0.650. The Bertz CT molecular complexity index is 322. The van der Waals surface area contributed by atoms with Gasteiger partial charge in [0.15, 0.2) is 0 Å². The van der Waals surface area contributed by atoms with Gasteiger partial charge < -0.3 is 10.1 Å². The third-order valence-corrected chi connectivity index (χ3v) is 4.59. The first-order valence-corrected chi connectivity index (χ1v) is 6.92. The van der Waals surface area contributed by atoms with Gasteiger partial charge in [-0.1, -0.05) is 6.92 Å². The molecule has 0 bridgehead atoms. The Morgan fingerprint density at radius 3 is 2.88 bits per heavy atom. The predicted molar refractivity (Wildman–Crippen MR) is 69.1 cm³/mol. The first-order valence-electron chi connectivity index (χ1n) is 6.10. The average molecular weight is 239 g/mol. The molecule has 2 unspecified atom stereocenters. The molecular weight excluding hydrogens is 218 g/mol. The first-order chi connectivity index (χ1) is 7.72. The van der Waals surface area contributed by atoms with Crippen molar-refractivity contribution in [3.63, 3.8) is 0 Å². The molecule has 1 saturated heterocycles. The Hall–Kier alpha value is -0.380. The molecular formula is C13H21NOS. The van der Waals surface area contributed by atoms with Crippen molar-refractivity contribution in [2.75, 3.05) is 19.8 Å². The van der Waals surface area contributed by atoms with Crippen molar-refractivity contribution >= 4 is 11.3 Å². The van der Waals surface area contributed by atoms with E-state index < -0.39 is 0 Å². The predicted octanol–water partition coefficient (Wildman–Crippen LogP) is 3.05. The van der Waals surface area contributed by atoms with E-state index in [1.165, 1.54) is 21.7 Å². The highest BCUT2D eigenvalue weighted by molar-refractivity contribution is 7.12. The van der Waals surface area contributed by atoms with E-state index in [2.05, 4.69) is 32.2 Å². The van der Waals surface area contributed by atoms with Crippen LogP contribution < -0.4 is 5.32 Å². The minimum atomic E-state index is 0.491. The number of aryl methyl sites for hydroxylation is 2. The van der Waals surface area contributed by atoms with Gasteiger partial charge in [0, 0.05) is 28.3 Å². The number of thiophene rings is 1. The van der Waals surface area contributed by atoms with Crippen molar-refractivity contribution in [3.8, 4) is 0 Å². The van der Waals surface area contributed by atoms with E-state index in [0.29, 0.717) is 12.0 Å². The van der Waals surface area contributed by atoms with Crippen LogP contribution in [0.4, 0.5) is 0 Å². The number of hydrogen-bond donors (Lipinski definition) is 1. The fourth-order valence-electron chi connectivity index (χ4n) is 2.29. The molecule has 1 aliphatic rings. The van der Waals surface area contributed by atoms with Gasteiger partial charge in [0.25, 0.3) is 0 Å². The summed E-state index contributed by atoms with van der Waals surface area (Å²) in [7, 11) is 0. The molecule has 0 saturated carbocycles. The molecule has 1 aliphatic heterocycles. The highest BCUT2D eigenvalue weighted by Crippen LogP contribution is 2.34. The Morgan fingerprint density at radius 1 is 1.56 bits per heavy atom. The number of rotatable bonds is 4. The molecule has 2 nitrogen and oxygen atoms in total. The molecule has 0 aliphatic carbocycles. The van der Waals surface area contributed by atoms with Crippen LogP contribution in [0.2, 0.25) is 0 Å². The summed E-state index contributed by atoms with van der Waals surface area (Å²) in [6, 6.07) is 2.83. The maximum atomic E-state index is 5.51. The lowest BCUT2D eigenvalue weighted by atomic mass is 9.97. The van der Waals surface area contributed by atoms with Gasteiger partial charge in [0.05, 0.1) is 6.61 Å². The van der Waals surface area contributed by atoms with Crippen molar-refractivity contribution in [3.05, 3.63) is 21.4 Å². The van der Waals surface area contributed by atoms with Gasteiger partial charge in [-0.05, 0) is 38.4 Å². The molecule has 2 heterocycles. The number of ether oxygens (including phenoxy) is 1. The summed E-state index contributed by atoms with van der Waals surface area (Å²) < 4.78 is 5.51. The van der Waals surface area contributed by atoms with E-state index in [4.69, 9.17) is 4.74 Å². The Balaban J connectivity index is 2.17. The van der Waals surface area contributed by atoms with Crippen LogP contribution in [0.5, 0.6) is 0 Å². The maximum absolute atomic E-state index is 5.51. The molecule has 2 rings (SSSR count). The second-order valence-electron chi connectivity index (χ2n) is 4.55. The molecule has 2 atom stereocenters. The molecule has 0 aromatic carbocycles. The van der Waals surface area contributed by atoms with E-state index >= 15 is 0 Å². The van der Waals surface area contributed by atoms with E-state index in [0.717, 1.165) is 19.8 Å². The second kappa shape index (κ2) is 5.30. The van der Waals surface area contributed by atoms with Gasteiger partial charge >= 0.3 is 0 Å². The van der Waals surface area contributed by atoms with Gasteiger partial charge in [-0.25, -0.2) is 0 Å². The van der Waals surface area contributed by atoms with E-state index in [9.17, 15) is 0 Å². The van der Waals surface area contributed by atoms with Gasteiger partial charge in [0.2, 0.25) is 0 Å². The van der Waals surface area contributed by atoms with Crippen molar-refractivity contribution in [1.82, 2.24) is 5.32 Å². The van der Waals surface area contributed by atoms with Gasteiger partial charge in [0.1, 0.15) is 0 Å². The minimum Gasteiger partial charge on any atom is -0.381 e. The summed E-state index contributed by atoms with van der Waals surface area (Å²) in [6.45, 7) is 9.44. The van der Waals surface area contributed by atoms with Crippen molar-refractivity contribution in [1.29, 1.82) is 0 Å². The smallest absolute Gasteiger partial charge is 0.0513 e. The van der Waals surface area contributed by atoms with E-state index in [-0.39, 0.29) is 0 Å². The zero-order valence-electron chi connectivity index (χ0n) is 10.4. The maximum Gasteiger partial charge on any atom is 0.0513 e. The zero-order chi connectivity index (χ0) is 11.5. The van der Waals surface area contributed by atoms with Gasteiger partial charge in [-0.2, -0.15) is 0 Å². The minimum absolute atomic E-state index is 0.491. The number of hydrogen-bond acceptors (Lipinski definition) is 3. The van der Waals surface area contributed by atoms with Crippen LogP contribution in [-0.4, -0.2) is 19.8 Å². The molecule has 0 radical (unpaired) electrons. The largest absolute Gasteiger partial charge is 0.381 e. The van der Waals surface area contributed by atoms with Crippen LogP contribution >= 0.6 is 11.3 Å². The summed E-state index contributed by atoms with van der Waals surface area (Å²) >= 11 is 1.93. The lowest BCUT2D eigenvalue weighted by Gasteiger charge is -2.22. The third kappa shape index (κ3) is 2.47. The topological polar surface area (TPSA) is 21.3 Å². The van der Waals surface area contributed by atoms with Gasteiger partial charge in [-0.3, -0.25) is 0 Å². The lowest BCUT2D eigenvalue weighted by Crippen LogP contribution is -2.27. The van der Waals surface area contributed by atoms with Crippen LogP contribution in [0, 0.1) is 19.8 Å². The van der Waals surface area contributed by atoms with Crippen LogP contribution in [0.25, 0.3) is 0 Å². The zero-order valence-corrected chi connectivity index (χ0v) is 11.2. The highest BCUT2D eigenvalue weighted by atomic mass is 32.1. The molecule has 90 valence electrons. The molecule has 0 amide bonds. The SMILES string of the molecule is CCNC(c1cc(C)c(C)s1)C1CCOC1. The molecule has 1 fully saturated rings. The van der Waals surface area contributed by atoms with Crippen molar-refractivity contribution in [2.24, 2.45) is 5.92 Å². The van der Waals surface area contributed by atoms with Gasteiger partial charge in [-0.15, -0.1) is 11.3 Å².